The van der Waals surface area contributed by atoms with Crippen LogP contribution in [0.1, 0.15) is 6.92 Å². The van der Waals surface area contributed by atoms with Crippen molar-refractivity contribution < 1.29 is 5.11 Å². The first kappa shape index (κ1) is 8.97. The van der Waals surface area contributed by atoms with Crippen molar-refractivity contribution >= 4 is 0 Å². The molecule has 0 radical (unpaired) electrons. The number of hydrogen-bond acceptors (Lipinski definition) is 3. The zero-order valence-corrected chi connectivity index (χ0v) is 7.21. The Balaban J connectivity index is 2.08. The van der Waals surface area contributed by atoms with Crippen LogP contribution in [0.2, 0.25) is 0 Å². The normalized spacial score (nSPS) is 18.8. The second kappa shape index (κ2) is 4.70. The van der Waals surface area contributed by atoms with Crippen LogP contribution in [0.3, 0.4) is 0 Å². The third-order valence-electron chi connectivity index (χ3n) is 2.25. The molecule has 0 spiro atoms. The summed E-state index contributed by atoms with van der Waals surface area (Å²) in [6, 6.07) is 0. The summed E-state index contributed by atoms with van der Waals surface area (Å²) < 4.78 is 0. The Bertz CT molecular complexity index is 104. The number of likely N-dealkylation sites (N-methyl/N-ethyl adjacent to an activating group) is 1. The van der Waals surface area contributed by atoms with Crippen molar-refractivity contribution in [2.75, 3.05) is 39.3 Å². The van der Waals surface area contributed by atoms with Gasteiger partial charge < -0.3 is 15.3 Å². The summed E-state index contributed by atoms with van der Waals surface area (Å²) in [5, 5.41) is 12.0. The third-order valence-corrected chi connectivity index (χ3v) is 2.25. The van der Waals surface area contributed by atoms with Crippen molar-refractivity contribution in [3.63, 3.8) is 0 Å². The van der Waals surface area contributed by atoms with Gasteiger partial charge in [0.25, 0.3) is 0 Å². The van der Waals surface area contributed by atoms with Gasteiger partial charge in [-0.2, -0.15) is 0 Å². The SMILES string of the molecule is CCN(CCO)CC1CNC1. The van der Waals surface area contributed by atoms with Crippen LogP contribution in [0.4, 0.5) is 0 Å². The maximum atomic E-state index is 8.71. The van der Waals surface area contributed by atoms with Crippen LogP contribution < -0.4 is 5.32 Å². The predicted molar refractivity (Wildman–Crippen MR) is 45.6 cm³/mol. The average Bonchev–Trinajstić information content (AvgIpc) is 1.94. The van der Waals surface area contributed by atoms with Gasteiger partial charge in [0.05, 0.1) is 6.61 Å². The number of aliphatic hydroxyl groups is 1. The van der Waals surface area contributed by atoms with Gasteiger partial charge in [0.15, 0.2) is 0 Å². The zero-order valence-electron chi connectivity index (χ0n) is 7.21. The highest BCUT2D eigenvalue weighted by Crippen LogP contribution is 2.04. The third kappa shape index (κ3) is 2.77. The average molecular weight is 158 g/mol. The molecule has 1 saturated heterocycles. The number of hydrogen-bond donors (Lipinski definition) is 2. The molecule has 0 atom stereocenters. The number of nitrogens with one attached hydrogen (secondary N) is 1. The summed E-state index contributed by atoms with van der Waals surface area (Å²) >= 11 is 0. The molecule has 0 bridgehead atoms. The molecule has 2 N–H and O–H groups in total. The maximum absolute atomic E-state index is 8.71. The molecule has 0 saturated carbocycles. The van der Waals surface area contributed by atoms with Gasteiger partial charge in [0.1, 0.15) is 0 Å². The van der Waals surface area contributed by atoms with Gasteiger partial charge in [-0.25, -0.2) is 0 Å². The first-order valence-electron chi connectivity index (χ1n) is 4.40. The van der Waals surface area contributed by atoms with Crippen LogP contribution in [0, 0.1) is 5.92 Å². The van der Waals surface area contributed by atoms with E-state index in [4.69, 9.17) is 5.11 Å². The van der Waals surface area contributed by atoms with Crippen molar-refractivity contribution in [1.29, 1.82) is 0 Å². The lowest BCUT2D eigenvalue weighted by Crippen LogP contribution is -2.48. The summed E-state index contributed by atoms with van der Waals surface area (Å²) in [6.07, 6.45) is 0. The Morgan fingerprint density at radius 2 is 2.27 bits per heavy atom. The quantitative estimate of drug-likeness (QED) is 0.567. The molecule has 1 fully saturated rings. The van der Waals surface area contributed by atoms with Crippen molar-refractivity contribution in [3.8, 4) is 0 Å². The van der Waals surface area contributed by atoms with E-state index in [1.54, 1.807) is 0 Å². The fourth-order valence-corrected chi connectivity index (χ4v) is 1.36. The molecular weight excluding hydrogens is 140 g/mol. The Labute approximate surface area is 68.4 Å². The van der Waals surface area contributed by atoms with E-state index in [9.17, 15) is 0 Å². The predicted octanol–water partition coefficient (Wildman–Crippen LogP) is -0.480. The monoisotopic (exact) mass is 158 g/mol. The topological polar surface area (TPSA) is 35.5 Å². The molecule has 0 aromatic carbocycles. The molecule has 0 aliphatic carbocycles. The van der Waals surface area contributed by atoms with Gasteiger partial charge in [0, 0.05) is 26.2 Å². The van der Waals surface area contributed by atoms with Crippen LogP contribution >= 0.6 is 0 Å². The Morgan fingerprint density at radius 3 is 2.64 bits per heavy atom. The molecule has 1 heterocycles. The molecular formula is C8H18N2O. The summed E-state index contributed by atoms with van der Waals surface area (Å²) in [4.78, 5) is 2.30. The fraction of sp³-hybridized carbons (Fsp3) is 1.00. The molecule has 1 rings (SSSR count). The molecule has 1 aliphatic heterocycles. The highest BCUT2D eigenvalue weighted by atomic mass is 16.3. The van der Waals surface area contributed by atoms with Crippen LogP contribution in [-0.4, -0.2) is 49.3 Å². The van der Waals surface area contributed by atoms with E-state index >= 15 is 0 Å². The molecule has 3 heteroatoms. The van der Waals surface area contributed by atoms with E-state index in [2.05, 4.69) is 17.1 Å². The molecule has 66 valence electrons. The van der Waals surface area contributed by atoms with Crippen molar-refractivity contribution in [3.05, 3.63) is 0 Å². The van der Waals surface area contributed by atoms with Crippen molar-refractivity contribution in [1.82, 2.24) is 10.2 Å². The minimum Gasteiger partial charge on any atom is -0.395 e. The van der Waals surface area contributed by atoms with Crippen molar-refractivity contribution in [2.24, 2.45) is 5.92 Å². The lowest BCUT2D eigenvalue weighted by Gasteiger charge is -2.32. The maximum Gasteiger partial charge on any atom is 0.0558 e. The van der Waals surface area contributed by atoms with Crippen LogP contribution in [0.15, 0.2) is 0 Å². The first-order chi connectivity index (χ1) is 5.36. The first-order valence-corrected chi connectivity index (χ1v) is 4.40. The summed E-state index contributed by atoms with van der Waals surface area (Å²) in [5.41, 5.74) is 0. The Kier molecular flexibility index (Phi) is 3.83. The number of aliphatic hydroxyl groups excluding tert-OH is 1. The second-order valence-electron chi connectivity index (χ2n) is 3.14. The van der Waals surface area contributed by atoms with Crippen LogP contribution in [-0.2, 0) is 0 Å². The minimum absolute atomic E-state index is 0.286. The summed E-state index contributed by atoms with van der Waals surface area (Å²) in [7, 11) is 0. The Morgan fingerprint density at radius 1 is 1.55 bits per heavy atom. The second-order valence-corrected chi connectivity index (χ2v) is 3.14. The van der Waals surface area contributed by atoms with Gasteiger partial charge >= 0.3 is 0 Å². The Hall–Kier alpha value is -0.120. The summed E-state index contributed by atoms with van der Waals surface area (Å²) in [6.45, 7) is 7.76. The molecule has 1 aliphatic rings. The molecule has 0 aromatic heterocycles. The molecule has 0 amide bonds. The van der Waals surface area contributed by atoms with Crippen LogP contribution in [0.25, 0.3) is 0 Å². The van der Waals surface area contributed by atoms with Crippen molar-refractivity contribution in [2.45, 2.75) is 6.92 Å². The number of rotatable bonds is 5. The van der Waals surface area contributed by atoms with Gasteiger partial charge in [-0.15, -0.1) is 0 Å². The number of nitrogens with zero attached hydrogens (tertiary/aromatic N) is 1. The lowest BCUT2D eigenvalue weighted by molar-refractivity contribution is 0.161. The fourth-order valence-electron chi connectivity index (χ4n) is 1.36. The van der Waals surface area contributed by atoms with E-state index < -0.39 is 0 Å². The molecule has 3 nitrogen and oxygen atoms in total. The summed E-state index contributed by atoms with van der Waals surface area (Å²) in [5.74, 6) is 0.821. The lowest BCUT2D eigenvalue weighted by atomic mass is 10.0. The molecule has 0 unspecified atom stereocenters. The highest BCUT2D eigenvalue weighted by molar-refractivity contribution is 4.77. The van der Waals surface area contributed by atoms with E-state index in [-0.39, 0.29) is 6.61 Å². The van der Waals surface area contributed by atoms with E-state index in [1.807, 2.05) is 0 Å². The van der Waals surface area contributed by atoms with E-state index in [0.29, 0.717) is 0 Å². The van der Waals surface area contributed by atoms with E-state index in [0.717, 1.165) is 38.6 Å². The highest BCUT2D eigenvalue weighted by Gasteiger charge is 2.18. The largest absolute Gasteiger partial charge is 0.395 e. The van der Waals surface area contributed by atoms with E-state index in [1.165, 1.54) is 0 Å². The van der Waals surface area contributed by atoms with Gasteiger partial charge in [0.2, 0.25) is 0 Å². The molecule has 0 aromatic rings. The van der Waals surface area contributed by atoms with Gasteiger partial charge in [-0.3, -0.25) is 0 Å². The van der Waals surface area contributed by atoms with Gasteiger partial charge in [-0.1, -0.05) is 6.92 Å². The van der Waals surface area contributed by atoms with Gasteiger partial charge in [-0.05, 0) is 12.5 Å². The molecule has 11 heavy (non-hydrogen) atoms. The smallest absolute Gasteiger partial charge is 0.0558 e. The zero-order chi connectivity index (χ0) is 8.10. The van der Waals surface area contributed by atoms with Crippen LogP contribution in [0.5, 0.6) is 0 Å². The minimum atomic E-state index is 0.286. The standard InChI is InChI=1S/C8H18N2O/c1-2-10(3-4-11)7-8-5-9-6-8/h8-9,11H,2-7H2,1H3.